The van der Waals surface area contributed by atoms with Gasteiger partial charge in [0.05, 0.1) is 6.61 Å². The van der Waals surface area contributed by atoms with Crippen LogP contribution in [-0.4, -0.2) is 26.8 Å². The van der Waals surface area contributed by atoms with Gasteiger partial charge in [0.15, 0.2) is 0 Å². The first-order valence-electron chi connectivity index (χ1n) is 6.02. The predicted octanol–water partition coefficient (Wildman–Crippen LogP) is 2.16. The highest BCUT2D eigenvalue weighted by molar-refractivity contribution is 5.23. The van der Waals surface area contributed by atoms with Crippen molar-refractivity contribution in [2.45, 2.75) is 19.8 Å². The van der Waals surface area contributed by atoms with E-state index in [-0.39, 0.29) is 0 Å². The number of benzene rings is 1. The molecule has 1 aromatic rings. The maximum absolute atomic E-state index is 5.58. The van der Waals surface area contributed by atoms with Gasteiger partial charge >= 0.3 is 0 Å². The summed E-state index contributed by atoms with van der Waals surface area (Å²) < 4.78 is 5.58. The fraction of sp³-hybridized carbons (Fsp3) is 0.571. The number of rotatable bonds is 4. The Morgan fingerprint density at radius 3 is 2.94 bits per heavy atom. The van der Waals surface area contributed by atoms with E-state index in [2.05, 4.69) is 36.5 Å². The molecule has 88 valence electrons. The lowest BCUT2D eigenvalue weighted by Crippen LogP contribution is -2.35. The average Bonchev–Trinajstić information content (AvgIpc) is 2.67. The van der Waals surface area contributed by atoms with Gasteiger partial charge in [-0.1, -0.05) is 29.8 Å². The van der Waals surface area contributed by atoms with Gasteiger partial charge in [0.25, 0.3) is 0 Å². The molecule has 1 aliphatic rings. The van der Waals surface area contributed by atoms with E-state index in [9.17, 15) is 0 Å². The van der Waals surface area contributed by atoms with Gasteiger partial charge in [-0.25, -0.2) is 0 Å². The molecule has 1 fully saturated rings. The van der Waals surface area contributed by atoms with Gasteiger partial charge in [-0.15, -0.1) is 0 Å². The Balaban J connectivity index is 2.11. The van der Waals surface area contributed by atoms with E-state index in [0.29, 0.717) is 5.41 Å². The quantitative estimate of drug-likeness (QED) is 0.838. The molecule has 1 unspecified atom stereocenters. The van der Waals surface area contributed by atoms with Crippen molar-refractivity contribution in [2.24, 2.45) is 5.41 Å². The van der Waals surface area contributed by atoms with Gasteiger partial charge in [-0.05, 0) is 32.4 Å². The fourth-order valence-corrected chi connectivity index (χ4v) is 2.62. The van der Waals surface area contributed by atoms with Crippen molar-refractivity contribution in [1.29, 1.82) is 0 Å². The van der Waals surface area contributed by atoms with Crippen molar-refractivity contribution < 1.29 is 4.74 Å². The molecule has 1 aliphatic heterocycles. The largest absolute Gasteiger partial charge is 0.381 e. The summed E-state index contributed by atoms with van der Waals surface area (Å²) in [4.78, 5) is 0. The van der Waals surface area contributed by atoms with E-state index >= 15 is 0 Å². The van der Waals surface area contributed by atoms with Crippen molar-refractivity contribution in [2.75, 3.05) is 26.8 Å². The summed E-state index contributed by atoms with van der Waals surface area (Å²) in [6, 6.07) is 8.81. The van der Waals surface area contributed by atoms with Gasteiger partial charge in [0.1, 0.15) is 0 Å². The van der Waals surface area contributed by atoms with Crippen LogP contribution in [0.25, 0.3) is 0 Å². The Labute approximate surface area is 98.0 Å². The molecule has 16 heavy (non-hydrogen) atoms. The SMILES string of the molecule is CNCC1(Cc2cccc(C)c2)CCOC1. The normalized spacial score (nSPS) is 24.9. The summed E-state index contributed by atoms with van der Waals surface area (Å²) >= 11 is 0. The number of nitrogens with one attached hydrogen (secondary N) is 1. The van der Waals surface area contributed by atoms with Crippen molar-refractivity contribution in [3.63, 3.8) is 0 Å². The average molecular weight is 219 g/mol. The third-order valence-electron chi connectivity index (χ3n) is 3.40. The molecule has 2 heteroatoms. The maximum Gasteiger partial charge on any atom is 0.0538 e. The first-order valence-corrected chi connectivity index (χ1v) is 6.02. The Morgan fingerprint density at radius 1 is 1.44 bits per heavy atom. The molecule has 1 saturated heterocycles. The lowest BCUT2D eigenvalue weighted by molar-refractivity contribution is 0.150. The molecule has 0 aromatic heterocycles. The third kappa shape index (κ3) is 2.63. The Bertz CT molecular complexity index is 342. The first-order chi connectivity index (χ1) is 7.74. The smallest absolute Gasteiger partial charge is 0.0538 e. The molecule has 2 nitrogen and oxygen atoms in total. The molecule has 2 rings (SSSR count). The second-order valence-electron chi connectivity index (χ2n) is 5.00. The molecule has 1 N–H and O–H groups in total. The highest BCUT2D eigenvalue weighted by atomic mass is 16.5. The Morgan fingerprint density at radius 2 is 2.31 bits per heavy atom. The van der Waals surface area contributed by atoms with E-state index < -0.39 is 0 Å². The summed E-state index contributed by atoms with van der Waals surface area (Å²) in [5.74, 6) is 0. The zero-order valence-electron chi connectivity index (χ0n) is 10.3. The molecule has 0 saturated carbocycles. The van der Waals surface area contributed by atoms with Gasteiger partial charge in [0, 0.05) is 18.6 Å². The minimum Gasteiger partial charge on any atom is -0.381 e. The van der Waals surface area contributed by atoms with E-state index in [0.717, 1.165) is 26.2 Å². The second kappa shape index (κ2) is 4.98. The van der Waals surface area contributed by atoms with Gasteiger partial charge < -0.3 is 10.1 Å². The van der Waals surface area contributed by atoms with E-state index in [1.165, 1.54) is 17.5 Å². The fourth-order valence-electron chi connectivity index (χ4n) is 2.62. The van der Waals surface area contributed by atoms with Gasteiger partial charge in [0.2, 0.25) is 0 Å². The van der Waals surface area contributed by atoms with Crippen molar-refractivity contribution >= 4 is 0 Å². The van der Waals surface area contributed by atoms with Crippen LogP contribution in [-0.2, 0) is 11.2 Å². The standard InChI is InChI=1S/C14H21NO/c1-12-4-3-5-13(8-12)9-14(10-15-2)6-7-16-11-14/h3-5,8,15H,6-7,9-11H2,1-2H3. The maximum atomic E-state index is 5.58. The topological polar surface area (TPSA) is 21.3 Å². The highest BCUT2D eigenvalue weighted by Crippen LogP contribution is 2.32. The first kappa shape index (κ1) is 11.6. The number of hydrogen-bond donors (Lipinski definition) is 1. The molecule has 0 bridgehead atoms. The van der Waals surface area contributed by atoms with Crippen LogP contribution in [0.1, 0.15) is 17.5 Å². The van der Waals surface area contributed by atoms with Gasteiger partial charge in [-0.3, -0.25) is 0 Å². The van der Waals surface area contributed by atoms with E-state index in [1.54, 1.807) is 0 Å². The van der Waals surface area contributed by atoms with Gasteiger partial charge in [-0.2, -0.15) is 0 Å². The third-order valence-corrected chi connectivity index (χ3v) is 3.40. The van der Waals surface area contributed by atoms with Crippen LogP contribution in [0.2, 0.25) is 0 Å². The van der Waals surface area contributed by atoms with Crippen LogP contribution >= 0.6 is 0 Å². The molecule has 1 heterocycles. The molecule has 0 spiro atoms. The molecular weight excluding hydrogens is 198 g/mol. The highest BCUT2D eigenvalue weighted by Gasteiger charge is 2.34. The zero-order chi connectivity index (χ0) is 11.4. The second-order valence-corrected chi connectivity index (χ2v) is 5.00. The van der Waals surface area contributed by atoms with Crippen LogP contribution in [0.5, 0.6) is 0 Å². The molecule has 0 aliphatic carbocycles. The van der Waals surface area contributed by atoms with Crippen LogP contribution < -0.4 is 5.32 Å². The Kier molecular flexibility index (Phi) is 3.62. The minimum atomic E-state index is 0.308. The lowest BCUT2D eigenvalue weighted by atomic mass is 9.80. The summed E-state index contributed by atoms with van der Waals surface area (Å²) in [5, 5.41) is 3.31. The van der Waals surface area contributed by atoms with Crippen molar-refractivity contribution in [1.82, 2.24) is 5.32 Å². The number of ether oxygens (including phenoxy) is 1. The number of aryl methyl sites for hydroxylation is 1. The van der Waals surface area contributed by atoms with Crippen LogP contribution in [0.15, 0.2) is 24.3 Å². The lowest BCUT2D eigenvalue weighted by Gasteiger charge is -2.27. The zero-order valence-corrected chi connectivity index (χ0v) is 10.3. The van der Waals surface area contributed by atoms with Crippen molar-refractivity contribution in [3.05, 3.63) is 35.4 Å². The molecular formula is C14H21NO. The molecule has 0 amide bonds. The molecule has 1 atom stereocenters. The Hall–Kier alpha value is -0.860. The van der Waals surface area contributed by atoms with Crippen molar-refractivity contribution in [3.8, 4) is 0 Å². The van der Waals surface area contributed by atoms with E-state index in [1.807, 2.05) is 7.05 Å². The summed E-state index contributed by atoms with van der Waals surface area (Å²) in [5.41, 5.74) is 3.08. The van der Waals surface area contributed by atoms with Crippen LogP contribution in [0.4, 0.5) is 0 Å². The minimum absolute atomic E-state index is 0.308. The van der Waals surface area contributed by atoms with Crippen LogP contribution in [0, 0.1) is 12.3 Å². The van der Waals surface area contributed by atoms with Crippen LogP contribution in [0.3, 0.4) is 0 Å². The summed E-state index contributed by atoms with van der Waals surface area (Å²) in [6.07, 6.45) is 2.29. The monoisotopic (exact) mass is 219 g/mol. The summed E-state index contributed by atoms with van der Waals surface area (Å²) in [7, 11) is 2.02. The predicted molar refractivity (Wildman–Crippen MR) is 66.7 cm³/mol. The molecule has 1 aromatic carbocycles. The van der Waals surface area contributed by atoms with E-state index in [4.69, 9.17) is 4.74 Å². The molecule has 0 radical (unpaired) electrons. The number of hydrogen-bond acceptors (Lipinski definition) is 2. The summed E-state index contributed by atoms with van der Waals surface area (Å²) in [6.45, 7) is 5.00.